The monoisotopic (exact) mass is 356 g/mol. The van der Waals surface area contributed by atoms with Crippen LogP contribution >= 0.6 is 0 Å². The van der Waals surface area contributed by atoms with E-state index in [4.69, 9.17) is 9.15 Å². The smallest absolute Gasteiger partial charge is 0.339 e. The SMILES string of the molecule is CCCCCCc1c(C)c2ccc(O[C@H]3CCCCC3=O)cc2oc1=O. The summed E-state index contributed by atoms with van der Waals surface area (Å²) in [6, 6.07) is 5.55. The maximum Gasteiger partial charge on any atom is 0.339 e. The highest BCUT2D eigenvalue weighted by Gasteiger charge is 2.24. The number of Topliss-reactive ketones (excluding diaryl/α,β-unsaturated/α-hetero) is 1. The number of fused-ring (bicyclic) bond motifs is 1. The highest BCUT2D eigenvalue weighted by molar-refractivity contribution is 5.85. The van der Waals surface area contributed by atoms with Crippen LogP contribution in [0.15, 0.2) is 27.4 Å². The molecule has 1 aliphatic carbocycles. The Morgan fingerprint density at radius 1 is 1.15 bits per heavy atom. The quantitative estimate of drug-likeness (QED) is 0.511. The second kappa shape index (κ2) is 8.52. The van der Waals surface area contributed by atoms with Crippen molar-refractivity contribution in [3.05, 3.63) is 39.7 Å². The zero-order chi connectivity index (χ0) is 18.5. The van der Waals surface area contributed by atoms with Gasteiger partial charge in [-0.3, -0.25) is 4.79 Å². The molecular formula is C22H28O4. The molecule has 4 nitrogen and oxygen atoms in total. The zero-order valence-corrected chi connectivity index (χ0v) is 15.8. The van der Waals surface area contributed by atoms with Crippen LogP contribution in [-0.4, -0.2) is 11.9 Å². The molecule has 1 saturated carbocycles. The van der Waals surface area contributed by atoms with Crippen molar-refractivity contribution in [2.24, 2.45) is 0 Å². The van der Waals surface area contributed by atoms with E-state index in [9.17, 15) is 9.59 Å². The Morgan fingerprint density at radius 2 is 2.00 bits per heavy atom. The first-order chi connectivity index (χ1) is 12.6. The van der Waals surface area contributed by atoms with Crippen LogP contribution in [-0.2, 0) is 11.2 Å². The molecule has 4 heteroatoms. The molecule has 1 atom stereocenters. The van der Waals surface area contributed by atoms with E-state index in [-0.39, 0.29) is 17.5 Å². The first-order valence-electron chi connectivity index (χ1n) is 9.86. The predicted octanol–water partition coefficient (Wildman–Crippen LogP) is 5.11. The molecule has 140 valence electrons. The third-order valence-corrected chi connectivity index (χ3v) is 5.32. The molecule has 1 fully saturated rings. The molecule has 1 aromatic carbocycles. The molecule has 0 amide bonds. The Balaban J connectivity index is 1.81. The predicted molar refractivity (Wildman–Crippen MR) is 103 cm³/mol. The fourth-order valence-electron chi connectivity index (χ4n) is 3.71. The minimum Gasteiger partial charge on any atom is -0.483 e. The summed E-state index contributed by atoms with van der Waals surface area (Å²) in [6.45, 7) is 4.16. The van der Waals surface area contributed by atoms with Crippen molar-refractivity contribution in [3.63, 3.8) is 0 Å². The second-order valence-corrected chi connectivity index (χ2v) is 7.28. The lowest BCUT2D eigenvalue weighted by molar-refractivity contribution is -0.127. The van der Waals surface area contributed by atoms with Gasteiger partial charge in [-0.25, -0.2) is 4.79 Å². The summed E-state index contributed by atoms with van der Waals surface area (Å²) in [4.78, 5) is 24.4. The zero-order valence-electron chi connectivity index (χ0n) is 15.8. The molecule has 0 N–H and O–H groups in total. The summed E-state index contributed by atoms with van der Waals surface area (Å²) >= 11 is 0. The molecule has 1 aliphatic rings. The normalized spacial score (nSPS) is 17.6. The van der Waals surface area contributed by atoms with Crippen molar-refractivity contribution in [3.8, 4) is 5.75 Å². The highest BCUT2D eigenvalue weighted by Crippen LogP contribution is 2.27. The van der Waals surface area contributed by atoms with E-state index in [1.165, 1.54) is 12.8 Å². The summed E-state index contributed by atoms with van der Waals surface area (Å²) in [6.07, 6.45) is 8.22. The first-order valence-corrected chi connectivity index (χ1v) is 9.86. The number of carbonyl (C=O) groups is 1. The van der Waals surface area contributed by atoms with E-state index in [0.717, 1.165) is 55.0 Å². The van der Waals surface area contributed by atoms with E-state index in [2.05, 4.69) is 6.92 Å². The van der Waals surface area contributed by atoms with Gasteiger partial charge in [0.1, 0.15) is 11.3 Å². The van der Waals surface area contributed by atoms with E-state index in [1.807, 2.05) is 19.1 Å². The third-order valence-electron chi connectivity index (χ3n) is 5.32. The fraction of sp³-hybridized carbons (Fsp3) is 0.545. The van der Waals surface area contributed by atoms with Gasteiger partial charge in [-0.2, -0.15) is 0 Å². The molecule has 0 aliphatic heterocycles. The van der Waals surface area contributed by atoms with Gasteiger partial charge in [0.15, 0.2) is 11.9 Å². The Hall–Kier alpha value is -2.10. The Labute approximate surface area is 154 Å². The number of unbranched alkanes of at least 4 members (excludes halogenated alkanes) is 3. The first kappa shape index (κ1) is 18.7. The maximum absolute atomic E-state index is 12.4. The molecule has 0 saturated heterocycles. The van der Waals surface area contributed by atoms with Crippen molar-refractivity contribution >= 4 is 16.8 Å². The van der Waals surface area contributed by atoms with Crippen LogP contribution in [0, 0.1) is 6.92 Å². The van der Waals surface area contributed by atoms with Crippen LogP contribution in [0.4, 0.5) is 0 Å². The summed E-state index contributed by atoms with van der Waals surface area (Å²) < 4.78 is 11.4. The molecule has 0 unspecified atom stereocenters. The second-order valence-electron chi connectivity index (χ2n) is 7.28. The van der Waals surface area contributed by atoms with Gasteiger partial charge in [0.25, 0.3) is 0 Å². The lowest BCUT2D eigenvalue weighted by Gasteiger charge is -2.22. The maximum atomic E-state index is 12.4. The van der Waals surface area contributed by atoms with Crippen molar-refractivity contribution in [2.45, 2.75) is 77.7 Å². The molecule has 0 bridgehead atoms. The van der Waals surface area contributed by atoms with Gasteiger partial charge in [0.2, 0.25) is 0 Å². The molecular weight excluding hydrogens is 328 g/mol. The van der Waals surface area contributed by atoms with Crippen LogP contribution in [0.2, 0.25) is 0 Å². The summed E-state index contributed by atoms with van der Waals surface area (Å²) in [5, 5.41) is 0.942. The Kier molecular flexibility index (Phi) is 6.12. The lowest BCUT2D eigenvalue weighted by Crippen LogP contribution is -2.30. The molecule has 1 aromatic heterocycles. The van der Waals surface area contributed by atoms with E-state index in [1.54, 1.807) is 6.07 Å². The molecule has 0 spiro atoms. The average Bonchev–Trinajstić information content (AvgIpc) is 2.63. The number of rotatable bonds is 7. The number of ketones is 1. The van der Waals surface area contributed by atoms with Gasteiger partial charge >= 0.3 is 5.63 Å². The third kappa shape index (κ3) is 4.17. The fourth-order valence-corrected chi connectivity index (χ4v) is 3.71. The van der Waals surface area contributed by atoms with Crippen LogP contribution in [0.3, 0.4) is 0 Å². The number of hydrogen-bond acceptors (Lipinski definition) is 4. The summed E-state index contributed by atoms with van der Waals surface area (Å²) in [7, 11) is 0. The van der Waals surface area contributed by atoms with E-state index in [0.29, 0.717) is 17.8 Å². The van der Waals surface area contributed by atoms with Gasteiger partial charge in [-0.1, -0.05) is 26.2 Å². The van der Waals surface area contributed by atoms with Crippen molar-refractivity contribution in [1.82, 2.24) is 0 Å². The number of ether oxygens (including phenoxy) is 1. The average molecular weight is 356 g/mol. The summed E-state index contributed by atoms with van der Waals surface area (Å²) in [5.41, 5.74) is 2.06. The van der Waals surface area contributed by atoms with Crippen LogP contribution in [0.25, 0.3) is 11.0 Å². The minimum atomic E-state index is -0.369. The van der Waals surface area contributed by atoms with Crippen LogP contribution in [0.5, 0.6) is 5.75 Å². The van der Waals surface area contributed by atoms with Crippen LogP contribution < -0.4 is 10.4 Å². The molecule has 0 radical (unpaired) electrons. The van der Waals surface area contributed by atoms with Crippen LogP contribution in [0.1, 0.15) is 69.4 Å². The molecule has 2 aromatic rings. The van der Waals surface area contributed by atoms with Crippen molar-refractivity contribution in [1.29, 1.82) is 0 Å². The molecule has 26 heavy (non-hydrogen) atoms. The number of aryl methyl sites for hydroxylation is 1. The number of benzene rings is 1. The van der Waals surface area contributed by atoms with Gasteiger partial charge in [0, 0.05) is 23.4 Å². The minimum absolute atomic E-state index is 0.163. The van der Waals surface area contributed by atoms with Crippen molar-refractivity contribution in [2.75, 3.05) is 0 Å². The van der Waals surface area contributed by atoms with Crippen molar-refractivity contribution < 1.29 is 13.9 Å². The molecule has 1 heterocycles. The van der Waals surface area contributed by atoms with Gasteiger partial charge in [0.05, 0.1) is 0 Å². The van der Waals surface area contributed by atoms with Gasteiger partial charge in [-0.05, 0) is 56.7 Å². The van der Waals surface area contributed by atoms with E-state index >= 15 is 0 Å². The summed E-state index contributed by atoms with van der Waals surface area (Å²) in [5.74, 6) is 0.757. The van der Waals surface area contributed by atoms with Gasteiger partial charge in [-0.15, -0.1) is 0 Å². The lowest BCUT2D eigenvalue weighted by atomic mass is 9.96. The topological polar surface area (TPSA) is 56.5 Å². The standard InChI is InChI=1S/C22H28O4/c1-3-4-5-6-9-18-15(2)17-13-12-16(14-21(17)26-22(18)24)25-20-11-8-7-10-19(20)23/h12-14,20H,3-11H2,1-2H3/t20-/m0/s1. The highest BCUT2D eigenvalue weighted by atomic mass is 16.5. The van der Waals surface area contributed by atoms with Gasteiger partial charge < -0.3 is 9.15 Å². The Morgan fingerprint density at radius 3 is 2.77 bits per heavy atom. The largest absolute Gasteiger partial charge is 0.483 e. The van der Waals surface area contributed by atoms with E-state index < -0.39 is 0 Å². The molecule has 3 rings (SSSR count). The Bertz CT molecular complexity index is 834. The number of hydrogen-bond donors (Lipinski definition) is 0. The number of carbonyl (C=O) groups excluding carboxylic acids is 1.